The molecule has 1 unspecified atom stereocenters. The van der Waals surface area contributed by atoms with Gasteiger partial charge in [-0.15, -0.1) is 0 Å². The minimum Gasteiger partial charge on any atom is -0.269 e. The molecule has 1 atom stereocenters. The predicted molar refractivity (Wildman–Crippen MR) is 113 cm³/mol. The molecule has 0 radical (unpaired) electrons. The highest BCUT2D eigenvalue weighted by atomic mass is 16.2. The predicted octanol–water partition coefficient (Wildman–Crippen LogP) is 5.00. The van der Waals surface area contributed by atoms with Crippen LogP contribution in [0.3, 0.4) is 0 Å². The van der Waals surface area contributed by atoms with Crippen molar-refractivity contribution in [3.63, 3.8) is 0 Å². The number of carbonyl (C=O) groups excluding carboxylic acids is 2. The first-order valence-corrected chi connectivity index (χ1v) is 9.26. The molecule has 0 aliphatic carbocycles. The van der Waals surface area contributed by atoms with Gasteiger partial charge in [0.15, 0.2) is 0 Å². The van der Waals surface area contributed by atoms with Crippen LogP contribution in [-0.4, -0.2) is 16.7 Å². The van der Waals surface area contributed by atoms with Crippen LogP contribution in [0.25, 0.3) is 6.08 Å². The summed E-state index contributed by atoms with van der Waals surface area (Å²) in [6.07, 6.45) is 3.11. The number of carbonyl (C=O) groups is 2. The van der Waals surface area contributed by atoms with Crippen molar-refractivity contribution >= 4 is 17.9 Å². The number of hydrogen-bond donors (Lipinski definition) is 0. The maximum atomic E-state index is 13.2. The molecule has 3 rings (SSSR count). The normalized spacial score (nSPS) is 11.6. The van der Waals surface area contributed by atoms with Gasteiger partial charge in [0.1, 0.15) is 0 Å². The number of nitriles is 1. The van der Waals surface area contributed by atoms with Crippen LogP contribution >= 0.6 is 0 Å². The van der Waals surface area contributed by atoms with Crippen LogP contribution in [0.2, 0.25) is 0 Å². The number of amides is 2. The van der Waals surface area contributed by atoms with Crippen LogP contribution in [0, 0.1) is 11.3 Å². The van der Waals surface area contributed by atoms with Crippen molar-refractivity contribution in [2.24, 2.45) is 0 Å². The van der Waals surface area contributed by atoms with Gasteiger partial charge in [0.2, 0.25) is 0 Å². The highest BCUT2D eigenvalue weighted by Crippen LogP contribution is 2.23. The summed E-state index contributed by atoms with van der Waals surface area (Å²) in [5.74, 6) is -0.812. The van der Waals surface area contributed by atoms with Crippen LogP contribution < -0.4 is 0 Å². The molecule has 0 fully saturated rings. The van der Waals surface area contributed by atoms with Gasteiger partial charge in [0, 0.05) is 11.6 Å². The molecular formula is C25H20N2O2. The fourth-order valence-corrected chi connectivity index (χ4v) is 2.99. The van der Waals surface area contributed by atoms with Crippen LogP contribution in [0.15, 0.2) is 91.0 Å². The fraction of sp³-hybridized carbons (Fsp3) is 0.0800. The van der Waals surface area contributed by atoms with E-state index in [4.69, 9.17) is 5.26 Å². The number of hydrogen-bond acceptors (Lipinski definition) is 3. The minimum absolute atomic E-state index is 0.355. The summed E-state index contributed by atoms with van der Waals surface area (Å²) in [7, 11) is 0. The van der Waals surface area contributed by atoms with Gasteiger partial charge in [-0.3, -0.25) is 14.5 Å². The molecule has 0 heterocycles. The van der Waals surface area contributed by atoms with Gasteiger partial charge in [0.05, 0.1) is 17.7 Å². The third kappa shape index (κ3) is 4.85. The maximum absolute atomic E-state index is 13.2. The van der Waals surface area contributed by atoms with E-state index in [1.807, 2.05) is 73.7 Å². The lowest BCUT2D eigenvalue weighted by atomic mass is 10.0. The Kier molecular flexibility index (Phi) is 6.34. The Balaban J connectivity index is 1.94. The Bertz CT molecular complexity index is 1050. The molecule has 29 heavy (non-hydrogen) atoms. The van der Waals surface area contributed by atoms with Crippen LogP contribution in [0.1, 0.15) is 40.0 Å². The molecule has 142 valence electrons. The zero-order valence-corrected chi connectivity index (χ0v) is 16.0. The summed E-state index contributed by atoms with van der Waals surface area (Å²) >= 11 is 0. The number of benzene rings is 3. The number of imide groups is 1. The van der Waals surface area contributed by atoms with Gasteiger partial charge in [-0.2, -0.15) is 5.26 Å². The van der Waals surface area contributed by atoms with E-state index in [0.29, 0.717) is 11.1 Å². The molecule has 4 heteroatoms. The molecule has 0 spiro atoms. The lowest BCUT2D eigenvalue weighted by Gasteiger charge is -2.27. The summed E-state index contributed by atoms with van der Waals surface area (Å²) in [4.78, 5) is 27.5. The van der Waals surface area contributed by atoms with E-state index >= 15 is 0 Å². The lowest BCUT2D eigenvalue weighted by Crippen LogP contribution is -2.38. The van der Waals surface area contributed by atoms with Gasteiger partial charge < -0.3 is 0 Å². The Morgan fingerprint density at radius 3 is 2.07 bits per heavy atom. The van der Waals surface area contributed by atoms with Crippen LogP contribution in [0.5, 0.6) is 0 Å². The Hall–Kier alpha value is -3.97. The maximum Gasteiger partial charge on any atom is 0.261 e. The molecule has 0 bridgehead atoms. The second-order valence-electron chi connectivity index (χ2n) is 6.53. The quantitative estimate of drug-likeness (QED) is 0.585. The van der Waals surface area contributed by atoms with E-state index in [9.17, 15) is 9.59 Å². The highest BCUT2D eigenvalue weighted by molar-refractivity contribution is 6.09. The van der Waals surface area contributed by atoms with Gasteiger partial charge >= 0.3 is 0 Å². The molecular weight excluding hydrogens is 360 g/mol. The summed E-state index contributed by atoms with van der Waals surface area (Å²) < 4.78 is 0. The molecule has 2 amide bonds. The molecule has 0 saturated carbocycles. The average Bonchev–Trinajstić information content (AvgIpc) is 2.79. The first-order valence-electron chi connectivity index (χ1n) is 9.26. The first-order chi connectivity index (χ1) is 14.1. The zero-order chi connectivity index (χ0) is 20.6. The molecule has 3 aromatic carbocycles. The number of rotatable bonds is 5. The molecule has 0 N–H and O–H groups in total. The monoisotopic (exact) mass is 380 g/mol. The summed E-state index contributed by atoms with van der Waals surface area (Å²) in [6.45, 7) is 1.82. The summed E-state index contributed by atoms with van der Waals surface area (Å²) in [6, 6.07) is 26.7. The van der Waals surface area contributed by atoms with Gasteiger partial charge in [-0.25, -0.2) is 0 Å². The zero-order valence-electron chi connectivity index (χ0n) is 16.0. The van der Waals surface area contributed by atoms with Crippen molar-refractivity contribution in [3.8, 4) is 6.07 Å². The van der Waals surface area contributed by atoms with Crippen LogP contribution in [0.4, 0.5) is 0 Å². The molecule has 4 nitrogen and oxygen atoms in total. The second-order valence-corrected chi connectivity index (χ2v) is 6.53. The number of nitrogens with zero attached hydrogens (tertiary/aromatic N) is 2. The van der Waals surface area contributed by atoms with E-state index in [1.165, 1.54) is 11.0 Å². The van der Waals surface area contributed by atoms with E-state index in [2.05, 4.69) is 0 Å². The van der Waals surface area contributed by atoms with Crippen molar-refractivity contribution in [3.05, 3.63) is 113 Å². The van der Waals surface area contributed by atoms with Crippen molar-refractivity contribution < 1.29 is 9.59 Å². The van der Waals surface area contributed by atoms with Crippen LogP contribution in [-0.2, 0) is 4.79 Å². The van der Waals surface area contributed by atoms with Gasteiger partial charge in [-0.1, -0.05) is 60.7 Å². The third-order valence-electron chi connectivity index (χ3n) is 4.60. The van der Waals surface area contributed by atoms with Crippen molar-refractivity contribution in [2.45, 2.75) is 13.0 Å². The van der Waals surface area contributed by atoms with Crippen molar-refractivity contribution in [1.82, 2.24) is 4.90 Å². The van der Waals surface area contributed by atoms with Gasteiger partial charge in [0.25, 0.3) is 11.8 Å². The SMILES string of the molecule is CC(c1ccccc1)N(C(=O)C=Cc1ccccc1)C(=O)c1ccc(C#N)cc1. The van der Waals surface area contributed by atoms with E-state index in [0.717, 1.165) is 11.1 Å². The summed E-state index contributed by atoms with van der Waals surface area (Å²) in [5, 5.41) is 8.97. The Labute approximate surface area is 170 Å². The molecule has 0 saturated heterocycles. The van der Waals surface area contributed by atoms with Crippen molar-refractivity contribution in [2.75, 3.05) is 0 Å². The largest absolute Gasteiger partial charge is 0.269 e. The van der Waals surface area contributed by atoms with E-state index < -0.39 is 17.9 Å². The molecule has 0 aromatic heterocycles. The minimum atomic E-state index is -0.452. The standard InChI is InChI=1S/C25H20N2O2/c1-19(22-10-6-3-7-11-22)27(24(28)17-14-20-8-4-2-5-9-20)25(29)23-15-12-21(18-26)13-16-23/h2-17,19H,1H3. The van der Waals surface area contributed by atoms with E-state index in [-0.39, 0.29) is 0 Å². The molecule has 3 aromatic rings. The fourth-order valence-electron chi connectivity index (χ4n) is 2.99. The first kappa shape index (κ1) is 19.8. The Morgan fingerprint density at radius 2 is 1.48 bits per heavy atom. The second kappa shape index (κ2) is 9.29. The summed E-state index contributed by atoms with van der Waals surface area (Å²) in [5.41, 5.74) is 2.54. The van der Waals surface area contributed by atoms with Crippen molar-refractivity contribution in [1.29, 1.82) is 5.26 Å². The topological polar surface area (TPSA) is 61.2 Å². The average molecular weight is 380 g/mol. The highest BCUT2D eigenvalue weighted by Gasteiger charge is 2.27. The molecule has 0 aliphatic rings. The Morgan fingerprint density at radius 1 is 0.897 bits per heavy atom. The lowest BCUT2D eigenvalue weighted by molar-refractivity contribution is -0.125. The third-order valence-corrected chi connectivity index (χ3v) is 4.60. The van der Waals surface area contributed by atoms with Gasteiger partial charge in [-0.05, 0) is 48.4 Å². The van der Waals surface area contributed by atoms with E-state index in [1.54, 1.807) is 30.3 Å². The smallest absolute Gasteiger partial charge is 0.261 e. The molecule has 0 aliphatic heterocycles.